The smallest absolute Gasteiger partial charge is 0.315 e. The number of nitrogens with one attached hydrogen (secondary N) is 2. The first-order valence-electron chi connectivity index (χ1n) is 9.50. The molecule has 0 unspecified atom stereocenters. The lowest BCUT2D eigenvalue weighted by atomic mass is 10.2. The molecule has 0 fully saturated rings. The summed E-state index contributed by atoms with van der Waals surface area (Å²) in [5.41, 5.74) is 2.10. The number of aromatic nitrogens is 1. The number of amides is 2. The largest absolute Gasteiger partial charge is 0.493 e. The highest BCUT2D eigenvalue weighted by molar-refractivity contribution is 5.79. The molecule has 0 aliphatic heterocycles. The van der Waals surface area contributed by atoms with Gasteiger partial charge >= 0.3 is 6.03 Å². The highest BCUT2D eigenvalue weighted by Gasteiger charge is 2.07. The number of hydrogen-bond donors (Lipinski definition) is 2. The Morgan fingerprint density at radius 2 is 2.00 bits per heavy atom. The Morgan fingerprint density at radius 3 is 2.83 bits per heavy atom. The van der Waals surface area contributed by atoms with Crippen LogP contribution >= 0.6 is 0 Å². The van der Waals surface area contributed by atoms with E-state index in [0.29, 0.717) is 24.6 Å². The number of benzene rings is 2. The molecule has 2 amide bonds. The number of para-hydroxylation sites is 1. The second-order valence-electron chi connectivity index (χ2n) is 6.51. The zero-order valence-electron chi connectivity index (χ0n) is 16.5. The molecular weight excluding hydrogens is 366 g/mol. The molecule has 1 heterocycles. The number of fused-ring (bicyclic) bond motifs is 1. The molecule has 0 aliphatic rings. The number of hydrogen-bond acceptors (Lipinski definition) is 3. The van der Waals surface area contributed by atoms with E-state index in [2.05, 4.69) is 45.5 Å². The molecule has 0 aliphatic carbocycles. The minimum Gasteiger partial charge on any atom is -0.493 e. The van der Waals surface area contributed by atoms with E-state index in [-0.39, 0.29) is 12.6 Å². The van der Waals surface area contributed by atoms with Gasteiger partial charge in [0.05, 0.1) is 7.11 Å². The fourth-order valence-corrected chi connectivity index (χ4v) is 3.10. The van der Waals surface area contributed by atoms with E-state index in [1.807, 2.05) is 24.3 Å². The predicted molar refractivity (Wildman–Crippen MR) is 114 cm³/mol. The van der Waals surface area contributed by atoms with Crippen molar-refractivity contribution in [3.05, 3.63) is 60.3 Å². The summed E-state index contributed by atoms with van der Waals surface area (Å²) in [6.07, 6.45) is 8.16. The molecule has 2 N–H and O–H groups in total. The zero-order valence-corrected chi connectivity index (χ0v) is 16.5. The van der Waals surface area contributed by atoms with Crippen molar-refractivity contribution in [1.82, 2.24) is 15.2 Å². The van der Waals surface area contributed by atoms with Gasteiger partial charge in [-0.3, -0.25) is 0 Å². The van der Waals surface area contributed by atoms with Gasteiger partial charge in [-0.1, -0.05) is 30.2 Å². The van der Waals surface area contributed by atoms with Crippen molar-refractivity contribution in [3.63, 3.8) is 0 Å². The van der Waals surface area contributed by atoms with Crippen molar-refractivity contribution in [3.8, 4) is 23.8 Å². The molecule has 6 heteroatoms. The van der Waals surface area contributed by atoms with Crippen LogP contribution in [0.4, 0.5) is 4.79 Å². The standard InChI is InChI=1S/C23H25N3O3/c1-3-15-29-22-16-18(9-10-21(22)28-2)17-25-23(27)24-12-6-13-26-14-11-19-7-4-5-8-20(19)26/h1,4-5,7-11,14,16H,6,12-13,15,17H2,2H3,(H2,24,25,27). The molecule has 29 heavy (non-hydrogen) atoms. The number of carbonyl (C=O) groups excluding carboxylic acids is 1. The lowest BCUT2D eigenvalue weighted by molar-refractivity contribution is 0.240. The van der Waals surface area contributed by atoms with Crippen molar-refractivity contribution in [2.45, 2.75) is 19.5 Å². The summed E-state index contributed by atoms with van der Waals surface area (Å²) >= 11 is 0. The Kier molecular flexibility index (Phi) is 7.01. The van der Waals surface area contributed by atoms with Gasteiger partial charge in [-0.2, -0.15) is 0 Å². The molecule has 3 rings (SSSR count). The monoisotopic (exact) mass is 391 g/mol. The van der Waals surface area contributed by atoms with Crippen LogP contribution in [0.25, 0.3) is 10.9 Å². The number of aryl methyl sites for hydroxylation is 1. The first-order chi connectivity index (χ1) is 14.2. The van der Waals surface area contributed by atoms with Gasteiger partial charge in [0.15, 0.2) is 11.5 Å². The van der Waals surface area contributed by atoms with Crippen LogP contribution in [-0.2, 0) is 13.1 Å². The summed E-state index contributed by atoms with van der Waals surface area (Å²) in [5, 5.41) is 6.96. The van der Waals surface area contributed by atoms with E-state index >= 15 is 0 Å². The van der Waals surface area contributed by atoms with Gasteiger partial charge in [0.25, 0.3) is 0 Å². The molecule has 0 radical (unpaired) electrons. The lowest BCUT2D eigenvalue weighted by Gasteiger charge is -2.12. The number of ether oxygens (including phenoxy) is 2. The van der Waals surface area contributed by atoms with Crippen LogP contribution in [0.1, 0.15) is 12.0 Å². The van der Waals surface area contributed by atoms with Gasteiger partial charge in [-0.25, -0.2) is 4.79 Å². The quantitative estimate of drug-likeness (QED) is 0.433. The minimum atomic E-state index is -0.204. The third kappa shape index (κ3) is 5.45. The Morgan fingerprint density at radius 1 is 1.14 bits per heavy atom. The zero-order chi connectivity index (χ0) is 20.5. The Balaban J connectivity index is 1.42. The van der Waals surface area contributed by atoms with E-state index in [0.717, 1.165) is 18.5 Å². The number of rotatable bonds is 9. The van der Waals surface area contributed by atoms with E-state index < -0.39 is 0 Å². The van der Waals surface area contributed by atoms with Gasteiger partial charge in [-0.15, -0.1) is 6.42 Å². The van der Waals surface area contributed by atoms with E-state index in [4.69, 9.17) is 15.9 Å². The van der Waals surface area contributed by atoms with Crippen LogP contribution in [0.2, 0.25) is 0 Å². The Bertz CT molecular complexity index is 1000. The first-order valence-corrected chi connectivity index (χ1v) is 9.50. The van der Waals surface area contributed by atoms with E-state index in [1.54, 1.807) is 13.2 Å². The van der Waals surface area contributed by atoms with Gasteiger partial charge in [0, 0.05) is 31.3 Å². The van der Waals surface area contributed by atoms with Gasteiger partial charge in [0.1, 0.15) is 6.61 Å². The van der Waals surface area contributed by atoms with Crippen molar-refractivity contribution in [1.29, 1.82) is 0 Å². The molecular formula is C23H25N3O3. The fraction of sp³-hybridized carbons (Fsp3) is 0.261. The number of urea groups is 1. The van der Waals surface area contributed by atoms with Crippen molar-refractivity contribution < 1.29 is 14.3 Å². The fourth-order valence-electron chi connectivity index (χ4n) is 3.10. The van der Waals surface area contributed by atoms with Crippen molar-refractivity contribution in [2.75, 3.05) is 20.3 Å². The maximum atomic E-state index is 12.1. The minimum absolute atomic E-state index is 0.157. The highest BCUT2D eigenvalue weighted by atomic mass is 16.5. The molecule has 2 aromatic carbocycles. The van der Waals surface area contributed by atoms with Crippen LogP contribution in [0, 0.1) is 12.3 Å². The number of nitrogens with zero attached hydrogens (tertiary/aromatic N) is 1. The predicted octanol–water partition coefficient (Wildman–Crippen LogP) is 3.55. The number of carbonyl (C=O) groups is 1. The van der Waals surface area contributed by atoms with Crippen LogP contribution in [-0.4, -0.2) is 30.9 Å². The maximum absolute atomic E-state index is 12.1. The number of terminal acetylenes is 1. The molecule has 1 aromatic heterocycles. The summed E-state index contributed by atoms with van der Waals surface area (Å²) < 4.78 is 12.9. The van der Waals surface area contributed by atoms with E-state index in [1.165, 1.54) is 10.9 Å². The molecule has 0 saturated carbocycles. The van der Waals surface area contributed by atoms with Gasteiger partial charge in [0.2, 0.25) is 0 Å². The van der Waals surface area contributed by atoms with Gasteiger partial charge in [-0.05, 0) is 41.6 Å². The normalized spacial score (nSPS) is 10.3. The van der Waals surface area contributed by atoms with Crippen molar-refractivity contribution >= 4 is 16.9 Å². The maximum Gasteiger partial charge on any atom is 0.315 e. The average molecular weight is 391 g/mol. The molecule has 0 bridgehead atoms. The van der Waals surface area contributed by atoms with Crippen LogP contribution < -0.4 is 20.1 Å². The molecule has 3 aromatic rings. The molecule has 6 nitrogen and oxygen atoms in total. The SMILES string of the molecule is C#CCOc1cc(CNC(=O)NCCCn2ccc3ccccc32)ccc1OC. The summed E-state index contributed by atoms with van der Waals surface area (Å²) in [6, 6.07) is 15.6. The van der Waals surface area contributed by atoms with Crippen LogP contribution in [0.5, 0.6) is 11.5 Å². The summed E-state index contributed by atoms with van der Waals surface area (Å²) in [5.74, 6) is 3.59. The second-order valence-corrected chi connectivity index (χ2v) is 6.51. The Hall–Kier alpha value is -3.59. The van der Waals surface area contributed by atoms with E-state index in [9.17, 15) is 4.79 Å². The topological polar surface area (TPSA) is 64.5 Å². The molecule has 0 spiro atoms. The van der Waals surface area contributed by atoms with Crippen LogP contribution in [0.3, 0.4) is 0 Å². The van der Waals surface area contributed by atoms with Gasteiger partial charge < -0.3 is 24.7 Å². The summed E-state index contributed by atoms with van der Waals surface area (Å²) in [4.78, 5) is 12.1. The third-order valence-corrected chi connectivity index (χ3v) is 4.53. The second kappa shape index (κ2) is 10.1. The van der Waals surface area contributed by atoms with Crippen LogP contribution in [0.15, 0.2) is 54.7 Å². The molecule has 0 saturated heterocycles. The van der Waals surface area contributed by atoms with Crippen molar-refractivity contribution in [2.24, 2.45) is 0 Å². The number of methoxy groups -OCH3 is 1. The lowest BCUT2D eigenvalue weighted by Crippen LogP contribution is -2.35. The molecule has 150 valence electrons. The molecule has 0 atom stereocenters. The summed E-state index contributed by atoms with van der Waals surface area (Å²) in [7, 11) is 1.57. The third-order valence-electron chi connectivity index (χ3n) is 4.53. The summed E-state index contributed by atoms with van der Waals surface area (Å²) in [6.45, 7) is 1.98. The highest BCUT2D eigenvalue weighted by Crippen LogP contribution is 2.27. The average Bonchev–Trinajstić information content (AvgIpc) is 3.17. The Labute approximate surface area is 170 Å². The first kappa shape index (κ1) is 20.2.